The van der Waals surface area contributed by atoms with E-state index in [4.69, 9.17) is 11.2 Å². The van der Waals surface area contributed by atoms with Crippen molar-refractivity contribution in [3.63, 3.8) is 0 Å². The van der Waals surface area contributed by atoms with E-state index in [9.17, 15) is 0 Å². The Morgan fingerprint density at radius 2 is 2.16 bits per heavy atom. The van der Waals surface area contributed by atoms with Gasteiger partial charge >= 0.3 is 0 Å². The van der Waals surface area contributed by atoms with Crippen LogP contribution in [0.3, 0.4) is 0 Å². The third-order valence-electron chi connectivity index (χ3n) is 3.89. The molecule has 0 saturated carbocycles. The Balaban J connectivity index is 1.48. The highest BCUT2D eigenvalue weighted by molar-refractivity contribution is 7.99. The molecule has 0 aliphatic carbocycles. The molecule has 1 aliphatic rings. The molecule has 0 atom stereocenters. The number of anilines is 2. The van der Waals surface area contributed by atoms with Crippen LogP contribution in [0.15, 0.2) is 41.7 Å². The summed E-state index contributed by atoms with van der Waals surface area (Å²) in [6, 6.07) is 9.59. The first-order valence-electron chi connectivity index (χ1n) is 8.43. The average molecular weight is 354 g/mol. The van der Waals surface area contributed by atoms with Crippen molar-refractivity contribution in [2.45, 2.75) is 11.6 Å². The Morgan fingerprint density at radius 1 is 1.28 bits per heavy atom. The molecular weight excluding hydrogens is 332 g/mol. The Labute approximate surface area is 153 Å². The fourth-order valence-electron chi connectivity index (χ4n) is 2.59. The minimum absolute atomic E-state index is 0.778. The van der Waals surface area contributed by atoms with Gasteiger partial charge in [-0.1, -0.05) is 23.7 Å². The second-order valence-electron chi connectivity index (χ2n) is 5.73. The number of thioether (sulfide) groups is 1. The molecule has 3 rings (SSSR count). The molecule has 0 radical (unpaired) electrons. The number of nitrogens with zero attached hydrogens (tertiary/aromatic N) is 3. The summed E-state index contributed by atoms with van der Waals surface area (Å²) in [6.07, 6.45) is 8.34. The molecule has 6 heteroatoms. The van der Waals surface area contributed by atoms with Gasteiger partial charge < -0.3 is 10.1 Å². The maximum atomic E-state index is 5.44. The van der Waals surface area contributed by atoms with Gasteiger partial charge in [-0.3, -0.25) is 4.90 Å². The second kappa shape index (κ2) is 9.42. The zero-order valence-corrected chi connectivity index (χ0v) is 15.0. The summed E-state index contributed by atoms with van der Waals surface area (Å²) >= 11 is 1.69. The van der Waals surface area contributed by atoms with Crippen LogP contribution in [0.2, 0.25) is 0 Å². The van der Waals surface area contributed by atoms with Crippen molar-refractivity contribution in [2.75, 3.05) is 43.9 Å². The van der Waals surface area contributed by atoms with Crippen molar-refractivity contribution >= 4 is 23.3 Å². The van der Waals surface area contributed by atoms with Crippen LogP contribution < -0.4 is 5.32 Å². The zero-order valence-electron chi connectivity index (χ0n) is 14.1. The zero-order chi connectivity index (χ0) is 17.3. The molecule has 0 amide bonds. The van der Waals surface area contributed by atoms with E-state index in [1.165, 1.54) is 0 Å². The second-order valence-corrected chi connectivity index (χ2v) is 6.79. The van der Waals surface area contributed by atoms with Crippen LogP contribution in [-0.2, 0) is 4.74 Å². The maximum absolute atomic E-state index is 5.44. The van der Waals surface area contributed by atoms with Crippen molar-refractivity contribution in [1.29, 1.82) is 0 Å². The number of ether oxygens (including phenoxy) is 1. The lowest BCUT2D eigenvalue weighted by molar-refractivity contribution is 0.0381. The lowest BCUT2D eigenvalue weighted by Crippen LogP contribution is -2.36. The van der Waals surface area contributed by atoms with Crippen LogP contribution >= 0.6 is 11.8 Å². The number of terminal acetylenes is 1. The first kappa shape index (κ1) is 17.7. The van der Waals surface area contributed by atoms with Crippen LogP contribution in [0.5, 0.6) is 0 Å². The van der Waals surface area contributed by atoms with Crippen molar-refractivity contribution in [3.8, 4) is 12.3 Å². The van der Waals surface area contributed by atoms with Gasteiger partial charge in [0, 0.05) is 36.3 Å². The minimum atomic E-state index is 0.778. The number of nitrogens with one attached hydrogen (secondary N) is 1. The molecule has 0 bridgehead atoms. The van der Waals surface area contributed by atoms with E-state index in [2.05, 4.69) is 26.1 Å². The highest BCUT2D eigenvalue weighted by Gasteiger charge is 2.09. The van der Waals surface area contributed by atoms with Gasteiger partial charge in [-0.25, -0.2) is 9.97 Å². The van der Waals surface area contributed by atoms with Crippen molar-refractivity contribution < 1.29 is 4.74 Å². The summed E-state index contributed by atoms with van der Waals surface area (Å²) in [6.45, 7) is 4.89. The van der Waals surface area contributed by atoms with Gasteiger partial charge in [-0.2, -0.15) is 0 Å². The fraction of sp³-hybridized carbons (Fsp3) is 0.368. The molecule has 130 valence electrons. The normalized spacial score (nSPS) is 14.8. The Hall–Kier alpha value is -2.07. The van der Waals surface area contributed by atoms with Crippen LogP contribution in [0.25, 0.3) is 0 Å². The van der Waals surface area contributed by atoms with Crippen LogP contribution in [0, 0.1) is 12.3 Å². The molecule has 1 aliphatic heterocycles. The summed E-state index contributed by atoms with van der Waals surface area (Å²) < 4.78 is 5.37. The lowest BCUT2D eigenvalue weighted by Gasteiger charge is -2.26. The fourth-order valence-corrected chi connectivity index (χ4v) is 3.35. The first-order valence-corrected chi connectivity index (χ1v) is 9.42. The monoisotopic (exact) mass is 354 g/mol. The Kier molecular flexibility index (Phi) is 6.69. The molecule has 1 saturated heterocycles. The van der Waals surface area contributed by atoms with E-state index in [0.29, 0.717) is 0 Å². The molecule has 1 N–H and O–H groups in total. The molecule has 2 aromatic rings. The van der Waals surface area contributed by atoms with Gasteiger partial charge in [0.15, 0.2) is 5.16 Å². The van der Waals surface area contributed by atoms with Gasteiger partial charge in [0.05, 0.1) is 13.2 Å². The highest BCUT2D eigenvalue weighted by atomic mass is 32.2. The summed E-state index contributed by atoms with van der Waals surface area (Å²) in [4.78, 5) is 11.4. The number of aromatic nitrogens is 2. The topological polar surface area (TPSA) is 50.3 Å². The minimum Gasteiger partial charge on any atom is -0.379 e. The van der Waals surface area contributed by atoms with E-state index >= 15 is 0 Å². The van der Waals surface area contributed by atoms with E-state index in [0.717, 1.165) is 67.2 Å². The average Bonchev–Trinajstić information content (AvgIpc) is 2.67. The molecule has 5 nitrogen and oxygen atoms in total. The smallest absolute Gasteiger partial charge is 0.189 e. The molecule has 2 heterocycles. The third kappa shape index (κ3) is 5.75. The Bertz CT molecular complexity index is 725. The number of morpholine rings is 1. The van der Waals surface area contributed by atoms with Gasteiger partial charge in [0.2, 0.25) is 0 Å². The predicted molar refractivity (Wildman–Crippen MR) is 102 cm³/mol. The summed E-state index contributed by atoms with van der Waals surface area (Å²) in [7, 11) is 0. The van der Waals surface area contributed by atoms with E-state index in [1.54, 1.807) is 18.0 Å². The predicted octanol–water partition coefficient (Wildman–Crippen LogP) is 3.02. The summed E-state index contributed by atoms with van der Waals surface area (Å²) in [5.41, 5.74) is 1.77. The molecule has 1 aromatic heterocycles. The first-order chi connectivity index (χ1) is 12.3. The van der Waals surface area contributed by atoms with E-state index in [-0.39, 0.29) is 0 Å². The van der Waals surface area contributed by atoms with Gasteiger partial charge in [-0.15, -0.1) is 6.42 Å². The van der Waals surface area contributed by atoms with Crippen LogP contribution in [0.1, 0.15) is 12.0 Å². The van der Waals surface area contributed by atoms with Crippen LogP contribution in [-0.4, -0.2) is 53.5 Å². The molecule has 1 aromatic carbocycles. The van der Waals surface area contributed by atoms with Crippen molar-refractivity contribution in [3.05, 3.63) is 42.1 Å². The number of rotatable bonds is 7. The van der Waals surface area contributed by atoms with Gasteiger partial charge in [0.25, 0.3) is 0 Å². The molecular formula is C19H22N4OS. The molecule has 25 heavy (non-hydrogen) atoms. The summed E-state index contributed by atoms with van der Waals surface area (Å²) in [5.74, 6) is 4.42. The SMILES string of the molecule is C#Cc1cccc(Nc2ccnc(SCCCN3CCOCC3)n2)c1. The van der Waals surface area contributed by atoms with E-state index < -0.39 is 0 Å². The summed E-state index contributed by atoms with van der Waals surface area (Å²) in [5, 5.41) is 4.07. The van der Waals surface area contributed by atoms with Gasteiger partial charge in [0.1, 0.15) is 5.82 Å². The standard InChI is InChI=1S/C19H22N4OS/c1-2-16-5-3-6-17(15-16)21-18-7-8-20-19(22-18)25-14-4-9-23-10-12-24-13-11-23/h1,3,5-8,15H,4,9-14H2,(H,20,21,22). The molecule has 0 spiro atoms. The number of hydrogen-bond donors (Lipinski definition) is 1. The number of hydrogen-bond acceptors (Lipinski definition) is 6. The molecule has 0 unspecified atom stereocenters. The molecule has 1 fully saturated rings. The quantitative estimate of drug-likeness (QED) is 0.357. The largest absolute Gasteiger partial charge is 0.379 e. The van der Waals surface area contributed by atoms with Crippen molar-refractivity contribution in [2.24, 2.45) is 0 Å². The third-order valence-corrected chi connectivity index (χ3v) is 4.84. The van der Waals surface area contributed by atoms with Crippen LogP contribution in [0.4, 0.5) is 11.5 Å². The van der Waals surface area contributed by atoms with Crippen molar-refractivity contribution in [1.82, 2.24) is 14.9 Å². The Morgan fingerprint density at radius 3 is 3.00 bits per heavy atom. The maximum Gasteiger partial charge on any atom is 0.189 e. The van der Waals surface area contributed by atoms with E-state index in [1.807, 2.05) is 30.3 Å². The lowest BCUT2D eigenvalue weighted by atomic mass is 10.2. The number of benzene rings is 1. The van der Waals surface area contributed by atoms with Gasteiger partial charge in [-0.05, 0) is 37.2 Å². The highest BCUT2D eigenvalue weighted by Crippen LogP contribution is 2.19.